The van der Waals surface area contributed by atoms with E-state index in [1.165, 1.54) is 24.0 Å². The summed E-state index contributed by atoms with van der Waals surface area (Å²) < 4.78 is 19.5. The van der Waals surface area contributed by atoms with Gasteiger partial charge in [0.15, 0.2) is 0 Å². The topological polar surface area (TPSA) is 0 Å². The summed E-state index contributed by atoms with van der Waals surface area (Å²) in [4.78, 5) is 0. The van der Waals surface area contributed by atoms with Gasteiger partial charge in [-0.1, -0.05) is 49.8 Å². The Morgan fingerprint density at radius 1 is 1.27 bits per heavy atom. The zero-order valence-electron chi connectivity index (χ0n) is 8.71. The van der Waals surface area contributed by atoms with Crippen molar-refractivity contribution in [2.24, 2.45) is 0 Å². The average molecular weight is 244 g/mol. The molecule has 1 aliphatic rings. The van der Waals surface area contributed by atoms with Crippen molar-refractivity contribution >= 4 is 6.08 Å². The first kappa shape index (κ1) is 12.6. The van der Waals surface area contributed by atoms with Gasteiger partial charge in [-0.25, -0.2) is 0 Å². The summed E-state index contributed by atoms with van der Waals surface area (Å²) in [5.74, 6) is 0.686. The molecule has 2 rings (SSSR count). The van der Waals surface area contributed by atoms with E-state index in [-0.39, 0.29) is 0 Å². The van der Waals surface area contributed by atoms with Gasteiger partial charge in [0.25, 0.3) is 0 Å². The molecule has 0 saturated heterocycles. The molecule has 1 aromatic carbocycles. The third-order valence-electron chi connectivity index (χ3n) is 2.50. The van der Waals surface area contributed by atoms with Crippen LogP contribution in [0.4, 0.5) is 6.18 Å². The molecular weight excluding hydrogens is 230 g/mol. The zero-order chi connectivity index (χ0) is 11.1. The Hall–Kier alpha value is -0.466. The van der Waals surface area contributed by atoms with Crippen LogP contribution in [0.1, 0.15) is 36.8 Å². The van der Waals surface area contributed by atoms with E-state index >= 15 is 0 Å². The predicted molar refractivity (Wildman–Crippen MR) is 55.3 cm³/mol. The first-order valence-corrected chi connectivity index (χ1v) is 6.25. The second kappa shape index (κ2) is 6.92. The van der Waals surface area contributed by atoms with Crippen LogP contribution in [0.3, 0.4) is 0 Å². The van der Waals surface area contributed by atoms with Gasteiger partial charge in [-0.2, -0.15) is 0 Å². The Bertz CT molecular complexity index is 323. The molecule has 0 heterocycles. The molecule has 0 N–H and O–H groups in total. The van der Waals surface area contributed by atoms with Crippen molar-refractivity contribution in [2.45, 2.75) is 25.7 Å². The number of hydrogen-bond donors (Lipinski definition) is 0. The third-order valence-corrected chi connectivity index (χ3v) is 2.50. The van der Waals surface area contributed by atoms with E-state index in [4.69, 9.17) is 0 Å². The Kier molecular flexibility index (Phi) is 5.81. The van der Waals surface area contributed by atoms with Gasteiger partial charge in [-0.15, -0.1) is 0 Å². The van der Waals surface area contributed by atoms with Crippen LogP contribution in [0.15, 0.2) is 30.3 Å². The van der Waals surface area contributed by atoms with E-state index in [2.05, 4.69) is 43.3 Å². The zero-order valence-corrected chi connectivity index (χ0v) is 10.3. The average Bonchev–Trinajstić information content (AvgIpc) is 2.64. The van der Waals surface area contributed by atoms with Crippen molar-refractivity contribution < 1.29 is 26.4 Å². The molecule has 1 aliphatic carbocycles. The van der Waals surface area contributed by atoms with Crippen LogP contribution in [0.5, 0.6) is 0 Å². The second-order valence-electron chi connectivity index (χ2n) is 3.45. The fraction of sp³-hybridized carbons (Fsp3) is 0.333. The summed E-state index contributed by atoms with van der Waals surface area (Å²) >= 11 is -2.50. The Morgan fingerprint density at radius 3 is 2.60 bits per heavy atom. The molecule has 0 fully saturated rings. The van der Waals surface area contributed by atoms with Gasteiger partial charge in [-0.3, -0.25) is 0 Å². The molecule has 1 atom stereocenters. The fourth-order valence-electron chi connectivity index (χ4n) is 1.89. The van der Waals surface area contributed by atoms with Crippen molar-refractivity contribution in [3.63, 3.8) is 0 Å². The molecule has 0 radical (unpaired) electrons. The van der Waals surface area contributed by atoms with E-state index < -0.39 is 20.2 Å². The number of rotatable bonds is 2. The van der Waals surface area contributed by atoms with Gasteiger partial charge in [0, 0.05) is 5.92 Å². The van der Waals surface area contributed by atoms with E-state index in [0.717, 1.165) is 0 Å². The Morgan fingerprint density at radius 2 is 1.93 bits per heavy atom. The van der Waals surface area contributed by atoms with Gasteiger partial charge >= 0.3 is 26.4 Å². The number of hydrogen-bond acceptors (Lipinski definition) is 0. The molecule has 15 heavy (non-hydrogen) atoms. The van der Waals surface area contributed by atoms with Crippen LogP contribution in [0.2, 0.25) is 0 Å². The van der Waals surface area contributed by atoms with Crippen molar-refractivity contribution in [3.05, 3.63) is 41.5 Å². The maximum absolute atomic E-state index is 9.75. The van der Waals surface area contributed by atoms with E-state index in [1.54, 1.807) is 0 Å². The monoisotopic (exact) mass is 244 g/mol. The minimum absolute atomic E-state index is 0.686. The molecule has 0 bridgehead atoms. The molecule has 0 saturated carbocycles. The first-order chi connectivity index (χ1) is 7.33. The molecular formula is C12H14F2Ti. The number of benzene rings is 1. The van der Waals surface area contributed by atoms with Gasteiger partial charge in [0.05, 0.1) is 0 Å². The summed E-state index contributed by atoms with van der Waals surface area (Å²) in [6, 6.07) is 8.68. The molecule has 80 valence electrons. The third kappa shape index (κ3) is 3.55. The van der Waals surface area contributed by atoms with Crippen molar-refractivity contribution in [1.82, 2.24) is 0 Å². The second-order valence-corrected chi connectivity index (χ2v) is 3.68. The molecule has 1 aromatic rings. The SMILES string of the molecule is CCCC1C=Cc2ccccc21.[F][Ti][F]. The van der Waals surface area contributed by atoms with Crippen LogP contribution in [0, 0.1) is 0 Å². The molecule has 0 aromatic heterocycles. The molecule has 0 amide bonds. The first-order valence-electron chi connectivity index (χ1n) is 5.06. The van der Waals surface area contributed by atoms with Crippen LogP contribution in [-0.2, 0) is 20.2 Å². The molecule has 0 aliphatic heterocycles. The van der Waals surface area contributed by atoms with Crippen LogP contribution >= 0.6 is 0 Å². The molecule has 0 nitrogen and oxygen atoms in total. The Balaban J connectivity index is 0.000000337. The Labute approximate surface area is 99.7 Å². The van der Waals surface area contributed by atoms with E-state index in [1.807, 2.05) is 0 Å². The molecule has 0 spiro atoms. The van der Waals surface area contributed by atoms with Gasteiger partial charge in [0.1, 0.15) is 0 Å². The summed E-state index contributed by atoms with van der Waals surface area (Å²) in [5.41, 5.74) is 2.93. The summed E-state index contributed by atoms with van der Waals surface area (Å²) in [5, 5.41) is 0. The minimum atomic E-state index is -2.50. The number of fused-ring (bicyclic) bond motifs is 1. The van der Waals surface area contributed by atoms with E-state index in [0.29, 0.717) is 5.92 Å². The van der Waals surface area contributed by atoms with Gasteiger partial charge in [-0.05, 0) is 17.5 Å². The van der Waals surface area contributed by atoms with Gasteiger partial charge in [0.2, 0.25) is 0 Å². The predicted octanol–water partition coefficient (Wildman–Crippen LogP) is 4.44. The standard InChI is InChI=1S/C12H14.2FH.Ti/c1-2-5-10-8-9-11-6-3-4-7-12(10)11;;;/h3-4,6-10H,2,5H2,1H3;2*1H;/q;;;+2/p-2. The van der Waals surface area contributed by atoms with Crippen LogP contribution < -0.4 is 0 Å². The summed E-state index contributed by atoms with van der Waals surface area (Å²) in [7, 11) is 0. The summed E-state index contributed by atoms with van der Waals surface area (Å²) in [6.07, 6.45) is 7.13. The normalized spacial score (nSPS) is 16.6. The quantitative estimate of drug-likeness (QED) is 0.675. The maximum atomic E-state index is 9.75. The summed E-state index contributed by atoms with van der Waals surface area (Å²) in [6.45, 7) is 2.24. The van der Waals surface area contributed by atoms with Crippen LogP contribution in [0.25, 0.3) is 6.08 Å². The molecule has 1 unspecified atom stereocenters. The van der Waals surface area contributed by atoms with Crippen molar-refractivity contribution in [1.29, 1.82) is 0 Å². The van der Waals surface area contributed by atoms with Crippen LogP contribution in [-0.4, -0.2) is 0 Å². The van der Waals surface area contributed by atoms with E-state index in [9.17, 15) is 6.18 Å². The fourth-order valence-corrected chi connectivity index (χ4v) is 1.89. The van der Waals surface area contributed by atoms with Crippen molar-refractivity contribution in [3.8, 4) is 0 Å². The molecule has 3 heteroatoms. The van der Waals surface area contributed by atoms with Crippen molar-refractivity contribution in [2.75, 3.05) is 0 Å². The number of halogens is 2. The van der Waals surface area contributed by atoms with Gasteiger partial charge < -0.3 is 0 Å². The number of allylic oxidation sites excluding steroid dienone is 1.